The van der Waals surface area contributed by atoms with Crippen molar-refractivity contribution in [2.45, 2.75) is 30.6 Å². The van der Waals surface area contributed by atoms with Gasteiger partial charge >= 0.3 is 5.97 Å². The number of sulfonamides is 1. The van der Waals surface area contributed by atoms with E-state index in [1.807, 2.05) is 0 Å². The smallest absolute Gasteiger partial charge is 0.335 e. The predicted molar refractivity (Wildman–Crippen MR) is 61.4 cm³/mol. The van der Waals surface area contributed by atoms with Crippen molar-refractivity contribution in [3.8, 4) is 0 Å². The molecule has 3 N–H and O–H groups in total. The monoisotopic (exact) mass is 255 g/mol. The van der Waals surface area contributed by atoms with Crippen molar-refractivity contribution >= 4 is 16.0 Å². The van der Waals surface area contributed by atoms with Crippen LogP contribution in [-0.4, -0.2) is 19.5 Å². The lowest BCUT2D eigenvalue weighted by molar-refractivity contribution is 0.0696. The maximum atomic E-state index is 11.5. The number of hydrogen-bond acceptors (Lipinski definition) is 3. The summed E-state index contributed by atoms with van der Waals surface area (Å²) in [5.41, 5.74) is 1.46. The van der Waals surface area contributed by atoms with Crippen molar-refractivity contribution < 1.29 is 18.3 Å². The van der Waals surface area contributed by atoms with Gasteiger partial charge in [-0.05, 0) is 48.9 Å². The first kappa shape index (κ1) is 12.1. The van der Waals surface area contributed by atoms with Gasteiger partial charge in [0.2, 0.25) is 10.0 Å². The minimum absolute atomic E-state index is 0.0188. The Labute approximate surface area is 99.3 Å². The summed E-state index contributed by atoms with van der Waals surface area (Å²) in [6.45, 7) is 0. The van der Waals surface area contributed by atoms with Crippen LogP contribution in [0, 0.1) is 0 Å². The topological polar surface area (TPSA) is 97.5 Å². The molecule has 0 aliphatic heterocycles. The number of carboxylic acid groups (broad SMARTS) is 1. The van der Waals surface area contributed by atoms with E-state index >= 15 is 0 Å². The van der Waals surface area contributed by atoms with Crippen molar-refractivity contribution in [3.63, 3.8) is 0 Å². The van der Waals surface area contributed by atoms with Crippen LogP contribution in [0.1, 0.15) is 34.3 Å². The third kappa shape index (κ3) is 2.32. The molecule has 5 nitrogen and oxygen atoms in total. The molecular weight excluding hydrogens is 242 g/mol. The Balaban J connectivity index is 2.71. The fraction of sp³-hybridized carbons (Fsp3) is 0.364. The van der Waals surface area contributed by atoms with Crippen molar-refractivity contribution in [3.05, 3.63) is 28.8 Å². The van der Waals surface area contributed by atoms with Gasteiger partial charge in [-0.1, -0.05) is 0 Å². The molecular formula is C11H13NO4S. The van der Waals surface area contributed by atoms with Gasteiger partial charge < -0.3 is 5.11 Å². The lowest BCUT2D eigenvalue weighted by atomic mass is 9.90. The predicted octanol–water partition coefficient (Wildman–Crippen LogP) is 0.911. The second kappa shape index (κ2) is 4.12. The molecule has 92 valence electrons. The molecule has 1 aliphatic rings. The molecule has 0 amide bonds. The molecule has 1 aromatic rings. The van der Waals surface area contributed by atoms with Gasteiger partial charge in [-0.3, -0.25) is 0 Å². The van der Waals surface area contributed by atoms with E-state index in [1.165, 1.54) is 0 Å². The maximum absolute atomic E-state index is 11.5. The van der Waals surface area contributed by atoms with E-state index in [2.05, 4.69) is 0 Å². The Kier molecular flexibility index (Phi) is 2.92. The summed E-state index contributed by atoms with van der Waals surface area (Å²) < 4.78 is 22.9. The van der Waals surface area contributed by atoms with Crippen molar-refractivity contribution in [1.29, 1.82) is 0 Å². The Bertz CT molecular complexity index is 577. The molecule has 0 radical (unpaired) electrons. The van der Waals surface area contributed by atoms with Crippen molar-refractivity contribution in [1.82, 2.24) is 0 Å². The number of nitrogens with two attached hydrogens (primary N) is 1. The van der Waals surface area contributed by atoms with Crippen LogP contribution in [0.2, 0.25) is 0 Å². The summed E-state index contributed by atoms with van der Waals surface area (Å²) in [5, 5.41) is 14.1. The SMILES string of the molecule is NS(=O)(=O)c1cc(C(=O)O)cc2c1CCCC2. The van der Waals surface area contributed by atoms with Crippen LogP contribution >= 0.6 is 0 Å². The molecule has 0 spiro atoms. The van der Waals surface area contributed by atoms with E-state index in [-0.39, 0.29) is 10.5 Å². The van der Waals surface area contributed by atoms with Gasteiger partial charge in [0.1, 0.15) is 0 Å². The first-order valence-corrected chi connectivity index (χ1v) is 6.86. The number of benzene rings is 1. The number of aryl methyl sites for hydroxylation is 1. The fourth-order valence-electron chi connectivity index (χ4n) is 2.20. The summed E-state index contributed by atoms with van der Waals surface area (Å²) in [6.07, 6.45) is 3.20. The van der Waals surface area contributed by atoms with Gasteiger partial charge in [0, 0.05) is 0 Å². The number of fused-ring (bicyclic) bond motifs is 1. The molecule has 0 atom stereocenters. The average Bonchev–Trinajstić information content (AvgIpc) is 2.26. The summed E-state index contributed by atoms with van der Waals surface area (Å²) in [4.78, 5) is 10.9. The Morgan fingerprint density at radius 2 is 1.88 bits per heavy atom. The van der Waals surface area contributed by atoms with Gasteiger partial charge in [-0.2, -0.15) is 0 Å². The van der Waals surface area contributed by atoms with Crippen LogP contribution in [0.3, 0.4) is 0 Å². The van der Waals surface area contributed by atoms with Gasteiger partial charge in [0.05, 0.1) is 10.5 Å². The van der Waals surface area contributed by atoms with E-state index in [4.69, 9.17) is 10.2 Å². The second-order valence-corrected chi connectivity index (χ2v) is 5.70. The van der Waals surface area contributed by atoms with Crippen LogP contribution in [0.5, 0.6) is 0 Å². The van der Waals surface area contributed by atoms with Crippen molar-refractivity contribution in [2.24, 2.45) is 5.14 Å². The average molecular weight is 255 g/mol. The molecule has 0 saturated carbocycles. The summed E-state index contributed by atoms with van der Waals surface area (Å²) in [7, 11) is -3.86. The number of primary sulfonamides is 1. The molecule has 2 rings (SSSR count). The van der Waals surface area contributed by atoms with Crippen LogP contribution in [0.4, 0.5) is 0 Å². The van der Waals surface area contributed by atoms with Gasteiger partial charge in [0.25, 0.3) is 0 Å². The van der Waals surface area contributed by atoms with Gasteiger partial charge in [-0.25, -0.2) is 18.4 Å². The normalized spacial score (nSPS) is 15.4. The quantitative estimate of drug-likeness (QED) is 0.820. The zero-order valence-corrected chi connectivity index (χ0v) is 9.96. The molecule has 0 heterocycles. The lowest BCUT2D eigenvalue weighted by Crippen LogP contribution is -2.19. The highest BCUT2D eigenvalue weighted by Gasteiger charge is 2.22. The van der Waals surface area contributed by atoms with Crippen molar-refractivity contribution in [2.75, 3.05) is 0 Å². The molecule has 0 unspecified atom stereocenters. The first-order valence-electron chi connectivity index (χ1n) is 5.31. The highest BCUT2D eigenvalue weighted by atomic mass is 32.2. The number of hydrogen-bond donors (Lipinski definition) is 2. The van der Waals surface area contributed by atoms with Gasteiger partial charge in [-0.15, -0.1) is 0 Å². The number of aromatic carboxylic acids is 1. The molecule has 6 heteroatoms. The van der Waals surface area contributed by atoms with Crippen LogP contribution in [0.25, 0.3) is 0 Å². The minimum atomic E-state index is -3.86. The highest BCUT2D eigenvalue weighted by Crippen LogP contribution is 2.28. The Morgan fingerprint density at radius 3 is 2.47 bits per heavy atom. The Hall–Kier alpha value is -1.40. The van der Waals surface area contributed by atoms with E-state index in [0.717, 1.165) is 24.5 Å². The summed E-state index contributed by atoms with van der Waals surface area (Å²) in [6, 6.07) is 2.70. The lowest BCUT2D eigenvalue weighted by Gasteiger charge is -2.19. The molecule has 0 saturated heterocycles. The van der Waals surface area contributed by atoms with E-state index in [1.54, 1.807) is 6.07 Å². The Morgan fingerprint density at radius 1 is 1.24 bits per heavy atom. The number of carboxylic acids is 1. The van der Waals surface area contributed by atoms with E-state index < -0.39 is 16.0 Å². The summed E-state index contributed by atoms with van der Waals surface area (Å²) >= 11 is 0. The number of rotatable bonds is 2. The maximum Gasteiger partial charge on any atom is 0.335 e. The largest absolute Gasteiger partial charge is 0.478 e. The van der Waals surface area contributed by atoms with E-state index in [0.29, 0.717) is 18.4 Å². The zero-order valence-electron chi connectivity index (χ0n) is 9.14. The molecule has 1 aliphatic carbocycles. The van der Waals surface area contributed by atoms with Gasteiger partial charge in [0.15, 0.2) is 0 Å². The third-order valence-corrected chi connectivity index (χ3v) is 3.96. The molecule has 1 aromatic carbocycles. The molecule has 0 fully saturated rings. The minimum Gasteiger partial charge on any atom is -0.478 e. The molecule has 17 heavy (non-hydrogen) atoms. The first-order chi connectivity index (χ1) is 7.89. The van der Waals surface area contributed by atoms with Crippen LogP contribution in [-0.2, 0) is 22.9 Å². The van der Waals surface area contributed by atoms with Crippen LogP contribution in [0.15, 0.2) is 17.0 Å². The molecule has 0 aromatic heterocycles. The second-order valence-electron chi connectivity index (χ2n) is 4.17. The number of carbonyl (C=O) groups is 1. The zero-order chi connectivity index (χ0) is 12.6. The third-order valence-electron chi connectivity index (χ3n) is 2.98. The standard InChI is InChI=1S/C11H13NO4S/c12-17(15,16)10-6-8(11(13)14)5-7-3-1-2-4-9(7)10/h5-6H,1-4H2,(H,13,14)(H2,12,15,16). The fourth-order valence-corrected chi connectivity index (χ4v) is 3.07. The summed E-state index contributed by atoms with van der Waals surface area (Å²) in [5.74, 6) is -1.14. The molecule has 0 bridgehead atoms. The highest BCUT2D eigenvalue weighted by molar-refractivity contribution is 7.89. The van der Waals surface area contributed by atoms with E-state index in [9.17, 15) is 13.2 Å². The van der Waals surface area contributed by atoms with Crippen LogP contribution < -0.4 is 5.14 Å².